The molecule has 8 heteroatoms. The van der Waals surface area contributed by atoms with Gasteiger partial charge in [0.05, 0.1) is 18.4 Å². The molecule has 0 unspecified atom stereocenters. The monoisotopic (exact) mass is 442 g/mol. The average molecular weight is 443 g/mol. The highest BCUT2D eigenvalue weighted by molar-refractivity contribution is 9.10. The maximum atomic E-state index is 12.6. The van der Waals surface area contributed by atoms with Gasteiger partial charge in [0, 0.05) is 24.2 Å². The van der Waals surface area contributed by atoms with Crippen molar-refractivity contribution in [3.63, 3.8) is 0 Å². The summed E-state index contributed by atoms with van der Waals surface area (Å²) < 4.78 is 7.89. The van der Waals surface area contributed by atoms with Crippen LogP contribution in [0, 0.1) is 0 Å². The molecule has 1 amide bonds. The molecule has 0 bridgehead atoms. The maximum absolute atomic E-state index is 12.6. The molecular formula is C19H15BrN4O2S. The first-order valence-corrected chi connectivity index (χ1v) is 9.83. The van der Waals surface area contributed by atoms with Crippen LogP contribution in [0.15, 0.2) is 69.3 Å². The van der Waals surface area contributed by atoms with E-state index >= 15 is 0 Å². The number of aromatic nitrogens is 3. The first-order valence-electron chi connectivity index (χ1n) is 8.16. The van der Waals surface area contributed by atoms with Crippen molar-refractivity contribution in [1.82, 2.24) is 19.7 Å². The zero-order chi connectivity index (χ0) is 18.8. The molecule has 0 atom stereocenters. The Hall–Kier alpha value is -2.71. The molecule has 0 spiro atoms. The lowest BCUT2D eigenvalue weighted by Crippen LogP contribution is -2.26. The number of hydrogen-bond acceptors (Lipinski definition) is 5. The largest absolute Gasteiger partial charge is 0.452 e. The Kier molecular flexibility index (Phi) is 4.91. The Balaban J connectivity index is 1.50. The third kappa shape index (κ3) is 3.86. The predicted molar refractivity (Wildman–Crippen MR) is 107 cm³/mol. The second-order valence-electron chi connectivity index (χ2n) is 5.91. The highest BCUT2D eigenvalue weighted by Gasteiger charge is 2.18. The zero-order valence-electron chi connectivity index (χ0n) is 14.4. The van der Waals surface area contributed by atoms with Crippen LogP contribution in [0.5, 0.6) is 0 Å². The second-order valence-corrected chi connectivity index (χ2v) is 7.55. The van der Waals surface area contributed by atoms with E-state index in [1.54, 1.807) is 34.3 Å². The molecule has 0 aliphatic heterocycles. The highest BCUT2D eigenvalue weighted by atomic mass is 79.9. The van der Waals surface area contributed by atoms with E-state index in [0.29, 0.717) is 22.7 Å². The summed E-state index contributed by atoms with van der Waals surface area (Å²) in [5, 5.41) is 6.91. The van der Waals surface area contributed by atoms with E-state index in [1.807, 2.05) is 42.6 Å². The van der Waals surface area contributed by atoms with Crippen molar-refractivity contribution in [2.24, 2.45) is 0 Å². The van der Waals surface area contributed by atoms with Crippen LogP contribution in [0.25, 0.3) is 16.3 Å². The van der Waals surface area contributed by atoms with Gasteiger partial charge in [-0.3, -0.25) is 4.79 Å². The zero-order valence-corrected chi connectivity index (χ0v) is 16.8. The summed E-state index contributed by atoms with van der Waals surface area (Å²) >= 11 is 4.69. The molecular weight excluding hydrogens is 428 g/mol. The van der Waals surface area contributed by atoms with E-state index in [4.69, 9.17) is 4.42 Å². The van der Waals surface area contributed by atoms with Gasteiger partial charge in [0.15, 0.2) is 4.67 Å². The molecule has 4 aromatic rings. The van der Waals surface area contributed by atoms with E-state index in [9.17, 15) is 4.79 Å². The van der Waals surface area contributed by atoms with Crippen LogP contribution in [0.2, 0.25) is 0 Å². The van der Waals surface area contributed by atoms with E-state index < -0.39 is 0 Å². The highest BCUT2D eigenvalue weighted by Crippen LogP contribution is 2.25. The number of para-hydroxylation sites is 1. The molecule has 136 valence electrons. The Morgan fingerprint density at radius 2 is 2.07 bits per heavy atom. The van der Waals surface area contributed by atoms with Gasteiger partial charge >= 0.3 is 0 Å². The summed E-state index contributed by atoms with van der Waals surface area (Å²) in [5.41, 5.74) is 2.26. The summed E-state index contributed by atoms with van der Waals surface area (Å²) in [7, 11) is 1.73. The predicted octanol–water partition coefficient (Wildman–Crippen LogP) is 4.62. The minimum absolute atomic E-state index is 0.152. The van der Waals surface area contributed by atoms with Crippen LogP contribution in [0.3, 0.4) is 0 Å². The summed E-state index contributed by atoms with van der Waals surface area (Å²) in [4.78, 5) is 18.7. The van der Waals surface area contributed by atoms with Crippen molar-refractivity contribution in [2.75, 3.05) is 7.05 Å². The van der Waals surface area contributed by atoms with Gasteiger partial charge in [-0.1, -0.05) is 18.2 Å². The molecule has 6 nitrogen and oxygen atoms in total. The van der Waals surface area contributed by atoms with Gasteiger partial charge in [0.25, 0.3) is 5.91 Å². The normalized spacial score (nSPS) is 10.9. The number of carbonyl (C=O) groups is 1. The third-order valence-electron chi connectivity index (χ3n) is 3.94. The van der Waals surface area contributed by atoms with E-state index in [-0.39, 0.29) is 5.91 Å². The standard InChI is InChI=1S/C19H15BrN4O2S/c1-23(11-15-7-8-17(20)26-15)19(25)16-12-27-18(22-16)13-9-21-24(10-13)14-5-3-2-4-6-14/h2-10,12H,11H2,1H3. The Bertz CT molecular complexity index is 1070. The third-order valence-corrected chi connectivity index (χ3v) is 5.26. The van der Waals surface area contributed by atoms with Crippen LogP contribution < -0.4 is 0 Å². The summed E-state index contributed by atoms with van der Waals surface area (Å²) in [5.74, 6) is 0.554. The van der Waals surface area contributed by atoms with Crippen LogP contribution >= 0.6 is 27.3 Å². The number of halogens is 1. The lowest BCUT2D eigenvalue weighted by atomic mass is 10.3. The quantitative estimate of drug-likeness (QED) is 0.452. The fourth-order valence-electron chi connectivity index (χ4n) is 2.60. The summed E-state index contributed by atoms with van der Waals surface area (Å²) in [6.45, 7) is 0.378. The molecule has 0 fully saturated rings. The molecule has 4 rings (SSSR count). The number of amides is 1. The van der Waals surface area contributed by atoms with Crippen LogP contribution in [-0.2, 0) is 6.54 Å². The molecule has 0 aliphatic rings. The van der Waals surface area contributed by atoms with Crippen molar-refractivity contribution >= 4 is 33.2 Å². The number of benzene rings is 1. The maximum Gasteiger partial charge on any atom is 0.273 e. The molecule has 3 aromatic heterocycles. The number of hydrogen-bond donors (Lipinski definition) is 0. The summed E-state index contributed by atoms with van der Waals surface area (Å²) in [6.07, 6.45) is 3.66. The first kappa shape index (κ1) is 17.7. The van der Waals surface area contributed by atoms with E-state index in [1.165, 1.54) is 11.3 Å². The molecule has 0 radical (unpaired) electrons. The van der Waals surface area contributed by atoms with Crippen molar-refractivity contribution < 1.29 is 9.21 Å². The summed E-state index contributed by atoms with van der Waals surface area (Å²) in [6, 6.07) is 13.5. The van der Waals surface area contributed by atoms with Gasteiger partial charge in [-0.2, -0.15) is 5.10 Å². The van der Waals surface area contributed by atoms with Crippen molar-refractivity contribution in [2.45, 2.75) is 6.54 Å². The van der Waals surface area contributed by atoms with Gasteiger partial charge in [-0.15, -0.1) is 11.3 Å². The van der Waals surface area contributed by atoms with Gasteiger partial charge in [0.2, 0.25) is 0 Å². The van der Waals surface area contributed by atoms with Gasteiger partial charge in [-0.05, 0) is 40.2 Å². The van der Waals surface area contributed by atoms with Gasteiger partial charge < -0.3 is 9.32 Å². The SMILES string of the molecule is CN(Cc1ccc(Br)o1)C(=O)c1csc(-c2cnn(-c3ccccc3)c2)n1. The smallest absolute Gasteiger partial charge is 0.273 e. The lowest BCUT2D eigenvalue weighted by molar-refractivity contribution is 0.0770. The van der Waals surface area contributed by atoms with Gasteiger partial charge in [-0.25, -0.2) is 9.67 Å². The minimum atomic E-state index is -0.152. The Morgan fingerprint density at radius 1 is 1.26 bits per heavy atom. The average Bonchev–Trinajstić information content (AvgIpc) is 3.42. The minimum Gasteiger partial charge on any atom is -0.452 e. The lowest BCUT2D eigenvalue weighted by Gasteiger charge is -2.13. The van der Waals surface area contributed by atoms with Crippen molar-refractivity contribution in [1.29, 1.82) is 0 Å². The fraction of sp³-hybridized carbons (Fsp3) is 0.105. The number of nitrogens with zero attached hydrogens (tertiary/aromatic N) is 4. The van der Waals surface area contributed by atoms with E-state index in [2.05, 4.69) is 26.0 Å². The Morgan fingerprint density at radius 3 is 2.81 bits per heavy atom. The molecule has 0 saturated heterocycles. The number of rotatable bonds is 5. The van der Waals surface area contributed by atoms with E-state index in [0.717, 1.165) is 16.3 Å². The molecule has 0 N–H and O–H groups in total. The number of thiazole rings is 1. The van der Waals surface area contributed by atoms with Crippen molar-refractivity contribution in [3.05, 3.63) is 76.4 Å². The molecule has 0 saturated carbocycles. The molecule has 0 aliphatic carbocycles. The second kappa shape index (κ2) is 7.50. The molecule has 1 aromatic carbocycles. The van der Waals surface area contributed by atoms with Crippen molar-refractivity contribution in [3.8, 4) is 16.3 Å². The Labute approximate surface area is 168 Å². The van der Waals surface area contributed by atoms with Gasteiger partial charge in [0.1, 0.15) is 16.5 Å². The molecule has 3 heterocycles. The van der Waals surface area contributed by atoms with Crippen LogP contribution in [0.1, 0.15) is 16.2 Å². The topological polar surface area (TPSA) is 64.2 Å². The van der Waals surface area contributed by atoms with Crippen LogP contribution in [0.4, 0.5) is 0 Å². The van der Waals surface area contributed by atoms with Crippen LogP contribution in [-0.4, -0.2) is 32.6 Å². The number of furan rings is 1. The molecule has 27 heavy (non-hydrogen) atoms. The number of carbonyl (C=O) groups excluding carboxylic acids is 1. The fourth-order valence-corrected chi connectivity index (χ4v) is 3.71. The first-order chi connectivity index (χ1) is 13.1.